The molecule has 27 heavy (non-hydrogen) atoms. The van der Waals surface area contributed by atoms with Gasteiger partial charge in [0.25, 0.3) is 0 Å². The average molecular weight is 431 g/mol. The van der Waals surface area contributed by atoms with Crippen molar-refractivity contribution in [2.75, 3.05) is 13.7 Å². The van der Waals surface area contributed by atoms with Crippen molar-refractivity contribution in [3.63, 3.8) is 0 Å². The topological polar surface area (TPSA) is 60.7 Å². The summed E-state index contributed by atoms with van der Waals surface area (Å²) in [5.74, 6) is 0.799. The van der Waals surface area contributed by atoms with Crippen molar-refractivity contribution >= 4 is 20.1 Å². The van der Waals surface area contributed by atoms with Gasteiger partial charge in [-0.3, -0.25) is 0 Å². The van der Waals surface area contributed by atoms with Crippen LogP contribution in [0.5, 0.6) is 11.5 Å². The van der Waals surface area contributed by atoms with Gasteiger partial charge in [-0.2, -0.15) is 0 Å². The number of benzene rings is 1. The number of nitrogens with zero attached hydrogens (tertiary/aromatic N) is 1. The summed E-state index contributed by atoms with van der Waals surface area (Å²) in [6, 6.07) is 6.04. The third-order valence-corrected chi connectivity index (χ3v) is 9.05. The van der Waals surface area contributed by atoms with Gasteiger partial charge < -0.3 is 0 Å². The zero-order valence-electron chi connectivity index (χ0n) is 15.9. The van der Waals surface area contributed by atoms with Crippen molar-refractivity contribution in [3.8, 4) is 22.8 Å². The molecule has 1 fully saturated rings. The Hall–Kier alpha value is -1.71. The number of methoxy groups -OCH3 is 1. The van der Waals surface area contributed by atoms with Gasteiger partial charge in [0.1, 0.15) is 0 Å². The second-order valence-electron chi connectivity index (χ2n) is 7.30. The summed E-state index contributed by atoms with van der Waals surface area (Å²) in [7, 11) is 1.67. The van der Waals surface area contributed by atoms with Gasteiger partial charge in [-0.05, 0) is 0 Å². The molecule has 5 nitrogen and oxygen atoms in total. The number of hydrogen-bond acceptors (Lipinski definition) is 4. The molecule has 2 atom stereocenters. The van der Waals surface area contributed by atoms with E-state index in [2.05, 4.69) is 6.07 Å². The van der Waals surface area contributed by atoms with Crippen LogP contribution in [0.2, 0.25) is 5.21 Å². The monoisotopic (exact) mass is 431 g/mol. The molecule has 2 aliphatic rings. The first-order chi connectivity index (χ1) is 13.1. The molecule has 0 spiro atoms. The van der Waals surface area contributed by atoms with Gasteiger partial charge >= 0.3 is 166 Å². The Morgan fingerprint density at radius 3 is 2.96 bits per heavy atom. The number of pyridine rings is 1. The molecule has 0 radical (unpaired) electrons. The van der Waals surface area contributed by atoms with E-state index in [9.17, 15) is 9.90 Å². The standard InChI is InChI=1S/C21H26AsNO4/c1-13-18(22-12-16-5-3-4-10-27-16)20(24)21(25)23-9-8-14-11-15(26-2)6-7-17(14)19(13)23/h6-7,11,16,22,24H,3-5,8-10,12H2,1-2H3. The molecule has 0 saturated carbocycles. The first-order valence-corrected chi connectivity index (χ1v) is 12.1. The van der Waals surface area contributed by atoms with Crippen LogP contribution in [-0.4, -0.2) is 45.2 Å². The minimum absolute atomic E-state index is 0.0379. The Morgan fingerprint density at radius 1 is 1.37 bits per heavy atom. The van der Waals surface area contributed by atoms with Gasteiger partial charge in [0.05, 0.1) is 0 Å². The molecule has 144 valence electrons. The van der Waals surface area contributed by atoms with E-state index in [0.717, 1.165) is 58.0 Å². The molecular formula is C21H26AsNO4. The van der Waals surface area contributed by atoms with Crippen LogP contribution in [0.25, 0.3) is 11.3 Å². The maximum atomic E-state index is 12.8. The molecule has 1 saturated heterocycles. The summed E-state index contributed by atoms with van der Waals surface area (Å²) >= 11 is -0.646. The van der Waals surface area contributed by atoms with Crippen LogP contribution in [0.15, 0.2) is 23.0 Å². The number of aryl methyl sites for hydroxylation is 1. The fraction of sp³-hybridized carbons (Fsp3) is 0.476. The van der Waals surface area contributed by atoms with Crippen molar-refractivity contribution in [2.45, 2.75) is 50.5 Å². The zero-order valence-corrected chi connectivity index (χ0v) is 18.0. The first-order valence-electron chi connectivity index (χ1n) is 9.59. The number of fused-ring (bicyclic) bond motifs is 3. The van der Waals surface area contributed by atoms with E-state index in [1.807, 2.05) is 19.1 Å². The van der Waals surface area contributed by atoms with Gasteiger partial charge in [0, 0.05) is 0 Å². The Kier molecular flexibility index (Phi) is 5.34. The third kappa shape index (κ3) is 3.43. The second kappa shape index (κ2) is 7.73. The van der Waals surface area contributed by atoms with E-state index in [0.29, 0.717) is 6.54 Å². The summed E-state index contributed by atoms with van der Waals surface area (Å²) in [5, 5.41) is 11.6. The number of rotatable bonds is 4. The molecule has 0 bridgehead atoms. The Labute approximate surface area is 166 Å². The van der Waals surface area contributed by atoms with E-state index in [4.69, 9.17) is 9.47 Å². The van der Waals surface area contributed by atoms with Crippen molar-refractivity contribution in [2.24, 2.45) is 0 Å². The minimum atomic E-state index is -0.646. The molecule has 2 aliphatic heterocycles. The van der Waals surface area contributed by atoms with E-state index in [1.165, 1.54) is 12.0 Å². The molecule has 2 aromatic rings. The average Bonchev–Trinajstić information content (AvgIpc) is 2.71. The van der Waals surface area contributed by atoms with Gasteiger partial charge in [-0.25, -0.2) is 0 Å². The van der Waals surface area contributed by atoms with Crippen molar-refractivity contribution in [1.29, 1.82) is 0 Å². The predicted octanol–water partition coefficient (Wildman–Crippen LogP) is 2.14. The van der Waals surface area contributed by atoms with Crippen LogP contribution in [-0.2, 0) is 17.7 Å². The summed E-state index contributed by atoms with van der Waals surface area (Å²) < 4.78 is 13.8. The number of aromatic nitrogens is 1. The Balaban J connectivity index is 1.74. The van der Waals surface area contributed by atoms with E-state index in [1.54, 1.807) is 11.7 Å². The fourth-order valence-electron chi connectivity index (χ4n) is 4.16. The number of hydrogen-bond donors (Lipinski definition) is 1. The molecule has 4 rings (SSSR count). The van der Waals surface area contributed by atoms with Crippen LogP contribution in [0.4, 0.5) is 0 Å². The van der Waals surface area contributed by atoms with Crippen molar-refractivity contribution in [3.05, 3.63) is 39.7 Å². The summed E-state index contributed by atoms with van der Waals surface area (Å²) in [4.78, 5) is 12.8. The summed E-state index contributed by atoms with van der Waals surface area (Å²) in [6.45, 7) is 3.48. The first kappa shape index (κ1) is 18.6. The van der Waals surface area contributed by atoms with Crippen LogP contribution in [0.3, 0.4) is 0 Å². The quantitative estimate of drug-likeness (QED) is 0.754. The third-order valence-electron chi connectivity index (χ3n) is 5.64. The molecule has 6 heteroatoms. The van der Waals surface area contributed by atoms with E-state index < -0.39 is 15.8 Å². The van der Waals surface area contributed by atoms with Gasteiger partial charge in [-0.15, -0.1) is 0 Å². The molecule has 2 unspecified atom stereocenters. The van der Waals surface area contributed by atoms with Crippen LogP contribution in [0.1, 0.15) is 30.4 Å². The Morgan fingerprint density at radius 2 is 2.22 bits per heavy atom. The molecule has 0 amide bonds. The van der Waals surface area contributed by atoms with E-state index >= 15 is 0 Å². The van der Waals surface area contributed by atoms with Crippen molar-refractivity contribution in [1.82, 2.24) is 4.57 Å². The van der Waals surface area contributed by atoms with Gasteiger partial charge in [-0.1, -0.05) is 0 Å². The molecule has 0 aliphatic carbocycles. The molecule has 1 N–H and O–H groups in total. The second-order valence-corrected chi connectivity index (χ2v) is 9.94. The SMILES string of the molecule is COc1ccc2c(c1)CCn1c-2c(C)c([AsH]CC2CCCCO2)c(O)c1=O. The summed E-state index contributed by atoms with van der Waals surface area (Å²) in [6.07, 6.45) is 4.50. The van der Waals surface area contributed by atoms with Crippen LogP contribution >= 0.6 is 0 Å². The normalized spacial score (nSPS) is 19.1. The predicted molar refractivity (Wildman–Crippen MR) is 108 cm³/mol. The van der Waals surface area contributed by atoms with Gasteiger partial charge in [0.2, 0.25) is 0 Å². The van der Waals surface area contributed by atoms with Crippen LogP contribution < -0.4 is 14.6 Å². The fourth-order valence-corrected chi connectivity index (χ4v) is 7.13. The Bertz CT molecular complexity index is 915. The van der Waals surface area contributed by atoms with Crippen LogP contribution in [0, 0.1) is 6.92 Å². The zero-order chi connectivity index (χ0) is 19.0. The number of ether oxygens (including phenoxy) is 2. The van der Waals surface area contributed by atoms with Gasteiger partial charge in [0.15, 0.2) is 0 Å². The van der Waals surface area contributed by atoms with Crippen molar-refractivity contribution < 1.29 is 14.6 Å². The molecule has 1 aromatic carbocycles. The molecular weight excluding hydrogens is 405 g/mol. The molecule has 3 heterocycles. The summed E-state index contributed by atoms with van der Waals surface area (Å²) in [5.41, 5.74) is 4.04. The van der Waals surface area contributed by atoms with E-state index in [-0.39, 0.29) is 17.4 Å². The molecule has 1 aromatic heterocycles. The number of aromatic hydroxyl groups is 1. The maximum absolute atomic E-state index is 12.8.